The molecule has 4 heteroatoms. The van der Waals surface area contributed by atoms with Crippen LogP contribution in [-0.2, 0) is 9.53 Å². The van der Waals surface area contributed by atoms with Gasteiger partial charge >= 0.3 is 5.97 Å². The molecule has 0 fully saturated rings. The third-order valence-corrected chi connectivity index (χ3v) is 2.48. The highest BCUT2D eigenvalue weighted by Crippen LogP contribution is 2.05. The monoisotopic (exact) mass is 235 g/mol. The number of hydrogen-bond donors (Lipinski definition) is 1. The maximum atomic E-state index is 11.9. The maximum Gasteiger partial charge on any atom is 0.328 e. The number of rotatable bonds is 4. The van der Waals surface area contributed by atoms with E-state index in [2.05, 4.69) is 10.1 Å². The average molecular weight is 235 g/mol. The molecule has 0 radical (unpaired) electrons. The van der Waals surface area contributed by atoms with Crippen LogP contribution in [-0.4, -0.2) is 25.0 Å². The summed E-state index contributed by atoms with van der Waals surface area (Å²) >= 11 is 0. The first-order valence-corrected chi connectivity index (χ1v) is 5.53. The second kappa shape index (κ2) is 6.03. The molecule has 4 nitrogen and oxygen atoms in total. The number of esters is 1. The number of carbonyl (C=O) groups is 2. The smallest absolute Gasteiger partial charge is 0.328 e. The summed E-state index contributed by atoms with van der Waals surface area (Å²) in [5, 5.41) is 2.65. The number of hydrogen-bond acceptors (Lipinski definition) is 3. The van der Waals surface area contributed by atoms with E-state index in [1.807, 2.05) is 26.0 Å². The maximum absolute atomic E-state index is 11.9. The number of benzene rings is 1. The summed E-state index contributed by atoms with van der Waals surface area (Å²) in [7, 11) is 1.31. The molecule has 0 saturated heterocycles. The molecule has 1 atom stereocenters. The summed E-state index contributed by atoms with van der Waals surface area (Å²) in [6, 6.07) is 6.62. The predicted octanol–water partition coefficient (Wildman–Crippen LogP) is 1.68. The van der Waals surface area contributed by atoms with Crippen molar-refractivity contribution in [2.75, 3.05) is 7.11 Å². The molecule has 1 N–H and O–H groups in total. The highest BCUT2D eigenvalue weighted by atomic mass is 16.5. The molecule has 1 rings (SSSR count). The van der Waals surface area contributed by atoms with Gasteiger partial charge in [0.1, 0.15) is 6.04 Å². The Morgan fingerprint density at radius 2 is 2.12 bits per heavy atom. The second-order valence-electron chi connectivity index (χ2n) is 3.83. The summed E-state index contributed by atoms with van der Waals surface area (Å²) in [5.74, 6) is -0.681. The lowest BCUT2D eigenvalue weighted by Gasteiger charge is -2.14. The fourth-order valence-corrected chi connectivity index (χ4v) is 1.50. The summed E-state index contributed by atoms with van der Waals surface area (Å²) in [6.45, 7) is 3.73. The van der Waals surface area contributed by atoms with Crippen LogP contribution in [0, 0.1) is 6.92 Å². The van der Waals surface area contributed by atoms with E-state index >= 15 is 0 Å². The minimum atomic E-state index is -0.590. The van der Waals surface area contributed by atoms with Crippen molar-refractivity contribution in [3.05, 3.63) is 35.4 Å². The van der Waals surface area contributed by atoms with Crippen LogP contribution in [0.5, 0.6) is 0 Å². The lowest BCUT2D eigenvalue weighted by molar-refractivity contribution is -0.142. The third-order valence-electron chi connectivity index (χ3n) is 2.48. The fourth-order valence-electron chi connectivity index (χ4n) is 1.50. The van der Waals surface area contributed by atoms with Crippen LogP contribution in [0.15, 0.2) is 24.3 Å². The van der Waals surface area contributed by atoms with Crippen molar-refractivity contribution in [3.8, 4) is 0 Å². The molecule has 0 saturated carbocycles. The topological polar surface area (TPSA) is 55.4 Å². The average Bonchev–Trinajstić information content (AvgIpc) is 2.34. The van der Waals surface area contributed by atoms with Gasteiger partial charge in [-0.2, -0.15) is 0 Å². The molecule has 0 aliphatic carbocycles. The van der Waals surface area contributed by atoms with Crippen LogP contribution in [0.4, 0.5) is 0 Å². The number of aryl methyl sites for hydroxylation is 1. The minimum absolute atomic E-state index is 0.258. The lowest BCUT2D eigenvalue weighted by Crippen LogP contribution is -2.41. The van der Waals surface area contributed by atoms with Crippen molar-refractivity contribution in [2.24, 2.45) is 0 Å². The molecule has 0 heterocycles. The fraction of sp³-hybridized carbons (Fsp3) is 0.385. The van der Waals surface area contributed by atoms with Crippen molar-refractivity contribution >= 4 is 11.9 Å². The van der Waals surface area contributed by atoms with Gasteiger partial charge in [-0.3, -0.25) is 4.79 Å². The first-order chi connectivity index (χ1) is 8.08. The van der Waals surface area contributed by atoms with Crippen LogP contribution in [0.25, 0.3) is 0 Å². The molecule has 17 heavy (non-hydrogen) atoms. The Labute approximate surface area is 101 Å². The molecule has 0 aromatic heterocycles. The van der Waals surface area contributed by atoms with Gasteiger partial charge in [-0.05, 0) is 25.5 Å². The molecule has 1 aromatic carbocycles. The molecule has 92 valence electrons. The minimum Gasteiger partial charge on any atom is -0.467 e. The predicted molar refractivity (Wildman–Crippen MR) is 64.7 cm³/mol. The molecule has 0 aliphatic rings. The Hall–Kier alpha value is -1.84. The first kappa shape index (κ1) is 13.2. The van der Waals surface area contributed by atoms with E-state index in [0.29, 0.717) is 12.0 Å². The van der Waals surface area contributed by atoms with Gasteiger partial charge in [0.05, 0.1) is 7.11 Å². The molecule has 0 aliphatic heterocycles. The molecule has 0 spiro atoms. The van der Waals surface area contributed by atoms with E-state index in [0.717, 1.165) is 5.56 Å². The van der Waals surface area contributed by atoms with Crippen LogP contribution in [0.2, 0.25) is 0 Å². The van der Waals surface area contributed by atoms with Crippen LogP contribution in [0.1, 0.15) is 29.3 Å². The van der Waals surface area contributed by atoms with Crippen molar-refractivity contribution in [3.63, 3.8) is 0 Å². The van der Waals surface area contributed by atoms with Gasteiger partial charge in [0.2, 0.25) is 0 Å². The number of nitrogens with one attached hydrogen (secondary N) is 1. The van der Waals surface area contributed by atoms with Gasteiger partial charge in [-0.25, -0.2) is 4.79 Å². The molecule has 1 aromatic rings. The van der Waals surface area contributed by atoms with Crippen molar-refractivity contribution < 1.29 is 14.3 Å². The number of methoxy groups -OCH3 is 1. The van der Waals surface area contributed by atoms with E-state index in [-0.39, 0.29) is 5.91 Å². The highest BCUT2D eigenvalue weighted by Gasteiger charge is 2.19. The lowest BCUT2D eigenvalue weighted by atomic mass is 10.1. The van der Waals surface area contributed by atoms with Crippen molar-refractivity contribution in [2.45, 2.75) is 26.3 Å². The van der Waals surface area contributed by atoms with E-state index in [1.165, 1.54) is 7.11 Å². The third kappa shape index (κ3) is 3.59. The zero-order valence-electron chi connectivity index (χ0n) is 10.3. The van der Waals surface area contributed by atoms with E-state index < -0.39 is 12.0 Å². The SMILES string of the molecule is CCC(NC(=O)c1cccc(C)c1)C(=O)OC. The summed E-state index contributed by atoms with van der Waals surface area (Å²) in [5.41, 5.74) is 1.55. The largest absolute Gasteiger partial charge is 0.467 e. The van der Waals surface area contributed by atoms with Crippen molar-refractivity contribution in [1.29, 1.82) is 0 Å². The zero-order chi connectivity index (χ0) is 12.8. The zero-order valence-corrected chi connectivity index (χ0v) is 10.3. The van der Waals surface area contributed by atoms with Gasteiger partial charge in [-0.15, -0.1) is 0 Å². The van der Waals surface area contributed by atoms with Gasteiger partial charge < -0.3 is 10.1 Å². The van der Waals surface area contributed by atoms with Crippen molar-refractivity contribution in [1.82, 2.24) is 5.32 Å². The van der Waals surface area contributed by atoms with Gasteiger partial charge in [-0.1, -0.05) is 24.6 Å². The molecular formula is C13H17NO3. The van der Waals surface area contributed by atoms with Crippen LogP contribution >= 0.6 is 0 Å². The second-order valence-corrected chi connectivity index (χ2v) is 3.83. The Bertz CT molecular complexity index is 415. The van der Waals surface area contributed by atoms with Crippen LogP contribution < -0.4 is 5.32 Å². The van der Waals surface area contributed by atoms with Gasteiger partial charge in [0.15, 0.2) is 0 Å². The molecular weight excluding hydrogens is 218 g/mol. The van der Waals surface area contributed by atoms with Gasteiger partial charge in [0, 0.05) is 5.56 Å². The quantitative estimate of drug-likeness (QED) is 0.808. The summed E-state index contributed by atoms with van der Waals surface area (Å²) < 4.78 is 4.61. The number of ether oxygens (including phenoxy) is 1. The van der Waals surface area contributed by atoms with E-state index in [4.69, 9.17) is 0 Å². The van der Waals surface area contributed by atoms with Crippen LogP contribution in [0.3, 0.4) is 0 Å². The summed E-state index contributed by atoms with van der Waals surface area (Å²) in [6.07, 6.45) is 0.504. The molecule has 1 unspecified atom stereocenters. The Morgan fingerprint density at radius 1 is 1.41 bits per heavy atom. The Balaban J connectivity index is 2.74. The Kier molecular flexibility index (Phi) is 4.69. The normalized spacial score (nSPS) is 11.7. The molecule has 0 bridgehead atoms. The Morgan fingerprint density at radius 3 is 2.65 bits per heavy atom. The van der Waals surface area contributed by atoms with E-state index in [9.17, 15) is 9.59 Å². The molecule has 1 amide bonds. The first-order valence-electron chi connectivity index (χ1n) is 5.53. The van der Waals surface area contributed by atoms with E-state index in [1.54, 1.807) is 12.1 Å². The summed E-state index contributed by atoms with van der Waals surface area (Å²) in [4.78, 5) is 23.2. The number of carbonyl (C=O) groups excluding carboxylic acids is 2. The van der Waals surface area contributed by atoms with Gasteiger partial charge in [0.25, 0.3) is 5.91 Å². The standard InChI is InChI=1S/C13H17NO3/c1-4-11(13(16)17-3)14-12(15)10-7-5-6-9(2)8-10/h5-8,11H,4H2,1-3H3,(H,14,15). The highest BCUT2D eigenvalue weighted by molar-refractivity contribution is 5.96. The number of amides is 1.